The first kappa shape index (κ1) is 13.8. The van der Waals surface area contributed by atoms with Gasteiger partial charge in [-0.2, -0.15) is 0 Å². The molecule has 1 aliphatic carbocycles. The van der Waals surface area contributed by atoms with Crippen LogP contribution >= 0.6 is 0 Å². The fourth-order valence-electron chi connectivity index (χ4n) is 2.20. The normalized spacial score (nSPS) is 19.1. The highest BCUT2D eigenvalue weighted by molar-refractivity contribution is 5.87. The number of oxime groups is 1. The SMILES string of the molecule is N/C(=N/O)C(CNCC1(CO)CC1)c1ccccc1. The highest BCUT2D eigenvalue weighted by atomic mass is 16.4. The highest BCUT2D eigenvalue weighted by Crippen LogP contribution is 2.44. The van der Waals surface area contributed by atoms with Crippen LogP contribution in [-0.2, 0) is 0 Å². The molecule has 104 valence electrons. The van der Waals surface area contributed by atoms with E-state index in [-0.39, 0.29) is 23.8 Å². The maximum atomic E-state index is 9.27. The molecule has 5 heteroatoms. The van der Waals surface area contributed by atoms with E-state index < -0.39 is 0 Å². The van der Waals surface area contributed by atoms with Gasteiger partial charge in [0.15, 0.2) is 0 Å². The van der Waals surface area contributed by atoms with Gasteiger partial charge in [0.2, 0.25) is 0 Å². The largest absolute Gasteiger partial charge is 0.409 e. The molecule has 1 aromatic rings. The second-order valence-corrected chi connectivity index (χ2v) is 5.28. The Hall–Kier alpha value is -1.59. The van der Waals surface area contributed by atoms with Crippen molar-refractivity contribution in [2.24, 2.45) is 16.3 Å². The van der Waals surface area contributed by atoms with Crippen LogP contribution in [0.4, 0.5) is 0 Å². The van der Waals surface area contributed by atoms with Crippen molar-refractivity contribution in [3.63, 3.8) is 0 Å². The van der Waals surface area contributed by atoms with Crippen LogP contribution in [0, 0.1) is 5.41 Å². The lowest BCUT2D eigenvalue weighted by molar-refractivity contribution is 0.208. The number of hydrogen-bond acceptors (Lipinski definition) is 4. The minimum atomic E-state index is -0.152. The quantitative estimate of drug-likeness (QED) is 0.254. The number of rotatable bonds is 7. The predicted molar refractivity (Wildman–Crippen MR) is 74.2 cm³/mol. The van der Waals surface area contributed by atoms with E-state index >= 15 is 0 Å². The van der Waals surface area contributed by atoms with Crippen LogP contribution in [-0.4, -0.2) is 35.8 Å². The maximum Gasteiger partial charge on any atom is 0.147 e. The molecule has 0 aliphatic heterocycles. The monoisotopic (exact) mass is 263 g/mol. The molecule has 19 heavy (non-hydrogen) atoms. The van der Waals surface area contributed by atoms with E-state index in [1.165, 1.54) is 0 Å². The fraction of sp³-hybridized carbons (Fsp3) is 0.500. The van der Waals surface area contributed by atoms with Gasteiger partial charge in [-0.05, 0) is 18.4 Å². The summed E-state index contributed by atoms with van der Waals surface area (Å²) in [6.07, 6.45) is 2.13. The minimum Gasteiger partial charge on any atom is -0.409 e. The highest BCUT2D eigenvalue weighted by Gasteiger charge is 2.41. The van der Waals surface area contributed by atoms with Gasteiger partial charge in [-0.1, -0.05) is 35.5 Å². The van der Waals surface area contributed by atoms with Crippen molar-refractivity contribution in [3.8, 4) is 0 Å². The van der Waals surface area contributed by atoms with Crippen LogP contribution in [0.1, 0.15) is 24.3 Å². The fourth-order valence-corrected chi connectivity index (χ4v) is 2.20. The Morgan fingerprint density at radius 3 is 2.58 bits per heavy atom. The van der Waals surface area contributed by atoms with E-state index in [0.29, 0.717) is 6.54 Å². The zero-order chi connectivity index (χ0) is 13.7. The Bertz CT molecular complexity index is 430. The Kier molecular flexibility index (Phi) is 4.39. The van der Waals surface area contributed by atoms with E-state index in [9.17, 15) is 5.11 Å². The maximum absolute atomic E-state index is 9.27. The first-order valence-electron chi connectivity index (χ1n) is 6.55. The Morgan fingerprint density at radius 2 is 2.05 bits per heavy atom. The second kappa shape index (κ2) is 6.04. The average molecular weight is 263 g/mol. The van der Waals surface area contributed by atoms with Crippen molar-refractivity contribution in [1.82, 2.24) is 5.32 Å². The van der Waals surface area contributed by atoms with Crippen molar-refractivity contribution in [3.05, 3.63) is 35.9 Å². The van der Waals surface area contributed by atoms with Crippen LogP contribution < -0.4 is 11.1 Å². The summed E-state index contributed by atoms with van der Waals surface area (Å²) < 4.78 is 0. The standard InChI is InChI=1S/C14H21N3O2/c15-13(17-19)12(11-4-2-1-3-5-11)8-16-9-14(10-18)6-7-14/h1-5,12,16,18-19H,6-10H2,(H2,15,17). The number of nitrogens with zero attached hydrogens (tertiary/aromatic N) is 1. The molecule has 1 aliphatic rings. The van der Waals surface area contributed by atoms with Gasteiger partial charge in [0, 0.05) is 25.1 Å². The number of aliphatic hydroxyl groups excluding tert-OH is 1. The van der Waals surface area contributed by atoms with Gasteiger partial charge in [0.05, 0.1) is 5.92 Å². The van der Waals surface area contributed by atoms with E-state index in [0.717, 1.165) is 24.9 Å². The Labute approximate surface area is 113 Å². The van der Waals surface area contributed by atoms with E-state index in [2.05, 4.69) is 10.5 Å². The number of nitrogens with two attached hydrogens (primary N) is 1. The van der Waals surface area contributed by atoms with Crippen LogP contribution in [0.15, 0.2) is 35.5 Å². The van der Waals surface area contributed by atoms with Crippen LogP contribution in [0.3, 0.4) is 0 Å². The zero-order valence-corrected chi connectivity index (χ0v) is 10.9. The number of amidine groups is 1. The number of nitrogens with one attached hydrogen (secondary N) is 1. The molecule has 5 nitrogen and oxygen atoms in total. The summed E-state index contributed by atoms with van der Waals surface area (Å²) in [5.74, 6) is 0.0493. The van der Waals surface area contributed by atoms with Gasteiger partial charge < -0.3 is 21.4 Å². The van der Waals surface area contributed by atoms with Crippen molar-refractivity contribution in [2.45, 2.75) is 18.8 Å². The molecular weight excluding hydrogens is 242 g/mol. The van der Waals surface area contributed by atoms with Crippen molar-refractivity contribution >= 4 is 5.84 Å². The smallest absolute Gasteiger partial charge is 0.147 e. The van der Waals surface area contributed by atoms with Gasteiger partial charge in [-0.15, -0.1) is 0 Å². The van der Waals surface area contributed by atoms with Crippen LogP contribution in [0.25, 0.3) is 0 Å². The van der Waals surface area contributed by atoms with Crippen molar-refractivity contribution in [1.29, 1.82) is 0 Å². The lowest BCUT2D eigenvalue weighted by Gasteiger charge is -2.19. The van der Waals surface area contributed by atoms with Gasteiger partial charge in [0.25, 0.3) is 0 Å². The van der Waals surface area contributed by atoms with Gasteiger partial charge in [0.1, 0.15) is 5.84 Å². The number of aliphatic hydroxyl groups is 1. The average Bonchev–Trinajstić information content (AvgIpc) is 3.24. The van der Waals surface area contributed by atoms with Crippen molar-refractivity contribution < 1.29 is 10.3 Å². The number of benzene rings is 1. The third-order valence-corrected chi connectivity index (χ3v) is 3.82. The molecule has 0 saturated heterocycles. The molecule has 1 unspecified atom stereocenters. The first-order valence-corrected chi connectivity index (χ1v) is 6.55. The molecule has 0 heterocycles. The first-order chi connectivity index (χ1) is 9.21. The number of hydrogen-bond donors (Lipinski definition) is 4. The Morgan fingerprint density at radius 1 is 1.37 bits per heavy atom. The van der Waals surface area contributed by atoms with E-state index in [1.807, 2.05) is 30.3 Å². The molecular formula is C14H21N3O2. The topological polar surface area (TPSA) is 90.9 Å². The van der Waals surface area contributed by atoms with Crippen LogP contribution in [0.2, 0.25) is 0 Å². The van der Waals surface area contributed by atoms with Crippen LogP contribution in [0.5, 0.6) is 0 Å². The molecule has 0 amide bonds. The molecule has 2 rings (SSSR count). The van der Waals surface area contributed by atoms with Gasteiger partial charge in [-0.3, -0.25) is 0 Å². The van der Waals surface area contributed by atoms with Crippen molar-refractivity contribution in [2.75, 3.05) is 19.7 Å². The summed E-state index contributed by atoms with van der Waals surface area (Å²) in [5.41, 5.74) is 6.83. The third kappa shape index (κ3) is 3.45. The second-order valence-electron chi connectivity index (χ2n) is 5.28. The predicted octanol–water partition coefficient (Wildman–Crippen LogP) is 0.879. The van der Waals surface area contributed by atoms with E-state index in [4.69, 9.17) is 10.9 Å². The third-order valence-electron chi connectivity index (χ3n) is 3.82. The Balaban J connectivity index is 1.95. The van der Waals surface area contributed by atoms with Gasteiger partial charge in [-0.25, -0.2) is 0 Å². The molecule has 1 saturated carbocycles. The molecule has 0 spiro atoms. The summed E-state index contributed by atoms with van der Waals surface area (Å²) in [5, 5.41) is 24.6. The summed E-state index contributed by atoms with van der Waals surface area (Å²) in [6, 6.07) is 9.73. The minimum absolute atomic E-state index is 0.0619. The zero-order valence-electron chi connectivity index (χ0n) is 10.9. The summed E-state index contributed by atoms with van der Waals surface area (Å²) in [4.78, 5) is 0. The molecule has 1 atom stereocenters. The molecule has 0 bridgehead atoms. The summed E-state index contributed by atoms with van der Waals surface area (Å²) in [6.45, 7) is 1.59. The summed E-state index contributed by atoms with van der Waals surface area (Å²) in [7, 11) is 0. The molecule has 5 N–H and O–H groups in total. The lowest BCUT2D eigenvalue weighted by Crippen LogP contribution is -2.35. The van der Waals surface area contributed by atoms with Gasteiger partial charge >= 0.3 is 0 Å². The molecule has 0 radical (unpaired) electrons. The van der Waals surface area contributed by atoms with E-state index in [1.54, 1.807) is 0 Å². The summed E-state index contributed by atoms with van der Waals surface area (Å²) >= 11 is 0. The molecule has 1 aromatic carbocycles. The molecule has 1 fully saturated rings. The lowest BCUT2D eigenvalue weighted by atomic mass is 9.97. The molecule has 0 aromatic heterocycles.